The van der Waals surface area contributed by atoms with Crippen molar-refractivity contribution in [2.75, 3.05) is 17.7 Å². The average molecular weight is 463 g/mol. The highest BCUT2D eigenvalue weighted by atomic mass is 16.5. The maximum atomic E-state index is 12.6. The van der Waals surface area contributed by atoms with E-state index in [-0.39, 0.29) is 11.8 Å². The molecule has 172 valence electrons. The minimum atomic E-state index is -0.208. The van der Waals surface area contributed by atoms with Crippen LogP contribution in [0, 0.1) is 0 Å². The van der Waals surface area contributed by atoms with E-state index < -0.39 is 0 Å². The molecule has 0 unspecified atom stereocenters. The van der Waals surface area contributed by atoms with E-state index in [9.17, 15) is 9.59 Å². The van der Waals surface area contributed by atoms with Gasteiger partial charge in [-0.3, -0.25) is 9.59 Å². The lowest BCUT2D eigenvalue weighted by atomic mass is 10.1. The van der Waals surface area contributed by atoms with E-state index in [1.807, 2.05) is 60.7 Å². The number of hydrogen-bond acceptors (Lipinski definition) is 4. The Hall–Kier alpha value is -4.91. The van der Waals surface area contributed by atoms with Crippen molar-refractivity contribution in [1.82, 2.24) is 9.97 Å². The number of fused-ring (bicyclic) bond motifs is 1. The first kappa shape index (κ1) is 21.9. The quantitative estimate of drug-likeness (QED) is 0.300. The number of benzene rings is 4. The number of anilines is 2. The van der Waals surface area contributed by atoms with Gasteiger partial charge in [0.1, 0.15) is 11.6 Å². The lowest BCUT2D eigenvalue weighted by Crippen LogP contribution is -2.11. The third-order valence-corrected chi connectivity index (χ3v) is 5.54. The third kappa shape index (κ3) is 4.89. The lowest BCUT2D eigenvalue weighted by molar-refractivity contribution is 0.101. The van der Waals surface area contributed by atoms with Crippen LogP contribution in [-0.2, 0) is 0 Å². The molecule has 4 aromatic carbocycles. The topological polar surface area (TPSA) is 96.1 Å². The number of methoxy groups -OCH3 is 1. The van der Waals surface area contributed by atoms with E-state index in [1.54, 1.807) is 43.5 Å². The monoisotopic (exact) mass is 462 g/mol. The zero-order valence-corrected chi connectivity index (χ0v) is 18.9. The van der Waals surface area contributed by atoms with Gasteiger partial charge in [-0.05, 0) is 78.9 Å². The van der Waals surface area contributed by atoms with Crippen molar-refractivity contribution in [1.29, 1.82) is 0 Å². The molecular formula is C28H22N4O3. The normalized spacial score (nSPS) is 10.7. The molecule has 5 rings (SSSR count). The van der Waals surface area contributed by atoms with Gasteiger partial charge in [0.2, 0.25) is 0 Å². The second-order valence-electron chi connectivity index (χ2n) is 7.90. The van der Waals surface area contributed by atoms with Crippen molar-refractivity contribution in [3.05, 3.63) is 108 Å². The maximum absolute atomic E-state index is 12.6. The summed E-state index contributed by atoms with van der Waals surface area (Å²) in [4.78, 5) is 32.9. The molecule has 5 aromatic rings. The smallest absolute Gasteiger partial charge is 0.255 e. The van der Waals surface area contributed by atoms with Crippen LogP contribution in [-0.4, -0.2) is 28.9 Å². The molecule has 7 nitrogen and oxygen atoms in total. The first-order valence-electron chi connectivity index (χ1n) is 11.0. The molecule has 0 saturated heterocycles. The Kier molecular flexibility index (Phi) is 5.96. The highest BCUT2D eigenvalue weighted by Crippen LogP contribution is 2.25. The standard InChI is InChI=1S/C28H22N4O3/c1-35-23-14-9-20(10-15-23)28(34)30-22-13-16-24-25(17-22)32-26(31-24)18-7-11-21(12-8-18)29-27(33)19-5-3-2-4-6-19/h2-17H,1H3,(H,29,33)(H,30,34)(H,31,32). The van der Waals surface area contributed by atoms with Crippen molar-refractivity contribution in [3.63, 3.8) is 0 Å². The van der Waals surface area contributed by atoms with Crippen molar-refractivity contribution in [3.8, 4) is 17.1 Å². The van der Waals surface area contributed by atoms with Crippen LogP contribution in [0.2, 0.25) is 0 Å². The summed E-state index contributed by atoms with van der Waals surface area (Å²) >= 11 is 0. The van der Waals surface area contributed by atoms with Crippen LogP contribution in [0.3, 0.4) is 0 Å². The molecule has 0 fully saturated rings. The van der Waals surface area contributed by atoms with Crippen molar-refractivity contribution >= 4 is 34.2 Å². The van der Waals surface area contributed by atoms with Gasteiger partial charge < -0.3 is 20.4 Å². The number of aromatic amines is 1. The molecule has 0 aliphatic heterocycles. The molecule has 0 aliphatic carbocycles. The molecule has 35 heavy (non-hydrogen) atoms. The van der Waals surface area contributed by atoms with Gasteiger partial charge in [0, 0.05) is 28.1 Å². The summed E-state index contributed by atoms with van der Waals surface area (Å²) < 4.78 is 5.13. The highest BCUT2D eigenvalue weighted by molar-refractivity contribution is 6.05. The summed E-state index contributed by atoms with van der Waals surface area (Å²) in [7, 11) is 1.58. The second kappa shape index (κ2) is 9.52. The minimum absolute atomic E-state index is 0.161. The Balaban J connectivity index is 1.29. The molecule has 1 heterocycles. The van der Waals surface area contributed by atoms with E-state index in [2.05, 4.69) is 20.6 Å². The maximum Gasteiger partial charge on any atom is 0.255 e. The number of imidazole rings is 1. The predicted molar refractivity (Wildman–Crippen MR) is 137 cm³/mol. The molecule has 3 N–H and O–H groups in total. The summed E-state index contributed by atoms with van der Waals surface area (Å²) in [6.45, 7) is 0. The Morgan fingerprint density at radius 2 is 1.37 bits per heavy atom. The number of aromatic nitrogens is 2. The molecule has 1 aromatic heterocycles. The number of hydrogen-bond donors (Lipinski definition) is 3. The summed E-state index contributed by atoms with van der Waals surface area (Å²) in [5.74, 6) is 1.02. The van der Waals surface area contributed by atoms with Crippen molar-refractivity contribution in [2.24, 2.45) is 0 Å². The van der Waals surface area contributed by atoms with Gasteiger partial charge in [-0.15, -0.1) is 0 Å². The van der Waals surface area contributed by atoms with E-state index in [0.29, 0.717) is 34.1 Å². The van der Waals surface area contributed by atoms with Crippen molar-refractivity contribution < 1.29 is 14.3 Å². The van der Waals surface area contributed by atoms with Crippen LogP contribution >= 0.6 is 0 Å². The molecular weight excluding hydrogens is 440 g/mol. The van der Waals surface area contributed by atoms with Crippen molar-refractivity contribution in [2.45, 2.75) is 0 Å². The molecule has 0 aliphatic rings. The summed E-state index contributed by atoms with van der Waals surface area (Å²) in [5, 5.41) is 5.80. The molecule has 0 bridgehead atoms. The fourth-order valence-electron chi connectivity index (χ4n) is 3.67. The Morgan fingerprint density at radius 3 is 2.06 bits per heavy atom. The van der Waals surface area contributed by atoms with Gasteiger partial charge in [-0.2, -0.15) is 0 Å². The first-order valence-corrected chi connectivity index (χ1v) is 11.0. The third-order valence-electron chi connectivity index (χ3n) is 5.54. The summed E-state index contributed by atoms with van der Waals surface area (Å²) in [6.07, 6.45) is 0. The van der Waals surface area contributed by atoms with Gasteiger partial charge >= 0.3 is 0 Å². The fraction of sp³-hybridized carbons (Fsp3) is 0.0357. The zero-order chi connectivity index (χ0) is 24.2. The molecule has 7 heteroatoms. The Bertz CT molecular complexity index is 1490. The van der Waals surface area contributed by atoms with Gasteiger partial charge in [-0.1, -0.05) is 18.2 Å². The molecule has 0 spiro atoms. The summed E-state index contributed by atoms with van der Waals surface area (Å²) in [5.41, 5.74) is 4.95. The molecule has 0 radical (unpaired) electrons. The van der Waals surface area contributed by atoms with Gasteiger partial charge in [0.15, 0.2) is 0 Å². The Labute approximate surface area is 201 Å². The van der Waals surface area contributed by atoms with Crippen LogP contribution in [0.25, 0.3) is 22.4 Å². The van der Waals surface area contributed by atoms with E-state index in [0.717, 1.165) is 16.6 Å². The van der Waals surface area contributed by atoms with Crippen LogP contribution in [0.4, 0.5) is 11.4 Å². The van der Waals surface area contributed by atoms with Crippen LogP contribution < -0.4 is 15.4 Å². The van der Waals surface area contributed by atoms with Gasteiger partial charge in [0.05, 0.1) is 18.1 Å². The van der Waals surface area contributed by atoms with Crippen LogP contribution in [0.15, 0.2) is 97.1 Å². The van der Waals surface area contributed by atoms with Gasteiger partial charge in [0.25, 0.3) is 11.8 Å². The second-order valence-corrected chi connectivity index (χ2v) is 7.90. The SMILES string of the molecule is COc1ccc(C(=O)Nc2ccc3nc(-c4ccc(NC(=O)c5ccccc5)cc4)[nH]c3c2)cc1. The number of carbonyl (C=O) groups is 2. The predicted octanol–water partition coefficient (Wildman–Crippen LogP) is 5.74. The summed E-state index contributed by atoms with van der Waals surface area (Å²) in [6, 6.07) is 29.0. The number of H-pyrrole nitrogens is 1. The van der Waals surface area contributed by atoms with Gasteiger partial charge in [-0.25, -0.2) is 4.98 Å². The fourth-order valence-corrected chi connectivity index (χ4v) is 3.67. The first-order chi connectivity index (χ1) is 17.1. The van der Waals surface area contributed by atoms with Crippen LogP contribution in [0.1, 0.15) is 20.7 Å². The largest absolute Gasteiger partial charge is 0.497 e. The lowest BCUT2D eigenvalue weighted by Gasteiger charge is -2.06. The van der Waals surface area contributed by atoms with E-state index >= 15 is 0 Å². The molecule has 0 saturated carbocycles. The molecule has 2 amide bonds. The average Bonchev–Trinajstić information content (AvgIpc) is 3.33. The van der Waals surface area contributed by atoms with Crippen LogP contribution in [0.5, 0.6) is 5.75 Å². The Morgan fingerprint density at radius 1 is 0.743 bits per heavy atom. The number of ether oxygens (including phenoxy) is 1. The molecule has 0 atom stereocenters. The number of amides is 2. The van der Waals surface area contributed by atoms with E-state index in [4.69, 9.17) is 4.74 Å². The number of nitrogens with zero attached hydrogens (tertiary/aromatic N) is 1. The highest BCUT2D eigenvalue weighted by Gasteiger charge is 2.10. The zero-order valence-electron chi connectivity index (χ0n) is 18.9. The number of rotatable bonds is 6. The minimum Gasteiger partial charge on any atom is -0.497 e. The van der Waals surface area contributed by atoms with E-state index in [1.165, 1.54) is 0 Å². The number of nitrogens with one attached hydrogen (secondary N) is 3. The number of carbonyl (C=O) groups excluding carboxylic acids is 2.